The van der Waals surface area contributed by atoms with Gasteiger partial charge in [0, 0.05) is 17.1 Å². The van der Waals surface area contributed by atoms with Crippen LogP contribution in [0.2, 0.25) is 0 Å². The van der Waals surface area contributed by atoms with Crippen molar-refractivity contribution in [3.63, 3.8) is 0 Å². The highest BCUT2D eigenvalue weighted by atomic mass is 15.0. The number of aromatic nitrogens is 1. The first-order valence-electron chi connectivity index (χ1n) is 5.08. The van der Waals surface area contributed by atoms with Gasteiger partial charge in [-0.1, -0.05) is 0 Å². The van der Waals surface area contributed by atoms with Crippen molar-refractivity contribution in [2.24, 2.45) is 0 Å². The van der Waals surface area contributed by atoms with Gasteiger partial charge >= 0.3 is 0 Å². The zero-order chi connectivity index (χ0) is 11.7. The summed E-state index contributed by atoms with van der Waals surface area (Å²) in [5.41, 5.74) is 9.99. The molecular formula is C13H13N3. The zero-order valence-electron chi connectivity index (χ0n) is 9.36. The molecule has 2 aromatic rings. The molecule has 0 saturated heterocycles. The second kappa shape index (κ2) is 3.74. The predicted octanol–water partition coefficient (Wildman–Crippen LogP) is 2.55. The highest BCUT2D eigenvalue weighted by Crippen LogP contribution is 2.21. The number of aryl methyl sites for hydroxylation is 2. The first kappa shape index (κ1) is 10.3. The van der Waals surface area contributed by atoms with Gasteiger partial charge in [-0.05, 0) is 44.2 Å². The average Bonchev–Trinajstić information content (AvgIpc) is 2.59. The van der Waals surface area contributed by atoms with Crippen molar-refractivity contribution in [1.82, 2.24) is 4.57 Å². The van der Waals surface area contributed by atoms with Gasteiger partial charge in [-0.2, -0.15) is 5.26 Å². The van der Waals surface area contributed by atoms with E-state index in [4.69, 9.17) is 11.0 Å². The molecular weight excluding hydrogens is 198 g/mol. The predicted molar refractivity (Wildman–Crippen MR) is 64.4 cm³/mol. The maximum atomic E-state index is 9.10. The molecule has 0 saturated carbocycles. The SMILES string of the molecule is Cc1ccc(C)n1-c1ccc(N)cc1C#N. The summed E-state index contributed by atoms with van der Waals surface area (Å²) < 4.78 is 2.05. The Labute approximate surface area is 94.7 Å². The number of anilines is 1. The van der Waals surface area contributed by atoms with Gasteiger partial charge in [0.1, 0.15) is 6.07 Å². The summed E-state index contributed by atoms with van der Waals surface area (Å²) in [6.07, 6.45) is 0. The zero-order valence-corrected chi connectivity index (χ0v) is 9.36. The topological polar surface area (TPSA) is 54.7 Å². The van der Waals surface area contributed by atoms with Gasteiger partial charge in [0.2, 0.25) is 0 Å². The van der Waals surface area contributed by atoms with Crippen LogP contribution < -0.4 is 5.73 Å². The van der Waals surface area contributed by atoms with Crippen molar-refractivity contribution < 1.29 is 0 Å². The molecule has 0 spiro atoms. The molecule has 1 heterocycles. The Kier molecular flexibility index (Phi) is 2.41. The fourth-order valence-corrected chi connectivity index (χ4v) is 1.89. The molecule has 0 fully saturated rings. The minimum atomic E-state index is 0.599. The molecule has 2 rings (SSSR count). The molecule has 0 unspecified atom stereocenters. The van der Waals surface area contributed by atoms with Crippen molar-refractivity contribution in [3.8, 4) is 11.8 Å². The van der Waals surface area contributed by atoms with E-state index in [0.29, 0.717) is 11.3 Å². The lowest BCUT2D eigenvalue weighted by Gasteiger charge is -2.11. The smallest absolute Gasteiger partial charge is 0.101 e. The molecule has 16 heavy (non-hydrogen) atoms. The van der Waals surface area contributed by atoms with E-state index >= 15 is 0 Å². The number of rotatable bonds is 1. The molecule has 0 bridgehead atoms. The summed E-state index contributed by atoms with van der Waals surface area (Å²) in [6, 6.07) is 11.6. The lowest BCUT2D eigenvalue weighted by molar-refractivity contribution is 0.962. The minimum absolute atomic E-state index is 0.599. The number of benzene rings is 1. The van der Waals surface area contributed by atoms with Crippen LogP contribution in [0.5, 0.6) is 0 Å². The van der Waals surface area contributed by atoms with Gasteiger partial charge in [0.25, 0.3) is 0 Å². The van der Waals surface area contributed by atoms with Crippen LogP contribution in [-0.4, -0.2) is 4.57 Å². The highest BCUT2D eigenvalue weighted by Gasteiger charge is 2.08. The first-order valence-corrected chi connectivity index (χ1v) is 5.08. The van der Waals surface area contributed by atoms with E-state index in [1.54, 1.807) is 6.07 Å². The molecule has 0 atom stereocenters. The molecule has 0 aliphatic heterocycles. The van der Waals surface area contributed by atoms with Gasteiger partial charge in [-0.3, -0.25) is 0 Å². The quantitative estimate of drug-likeness (QED) is 0.737. The van der Waals surface area contributed by atoms with Gasteiger partial charge in [-0.15, -0.1) is 0 Å². The Morgan fingerprint density at radius 2 is 1.75 bits per heavy atom. The van der Waals surface area contributed by atoms with Crippen molar-refractivity contribution in [3.05, 3.63) is 47.3 Å². The highest BCUT2D eigenvalue weighted by molar-refractivity contribution is 5.58. The van der Waals surface area contributed by atoms with Crippen LogP contribution in [0.1, 0.15) is 17.0 Å². The average molecular weight is 211 g/mol. The molecule has 1 aromatic carbocycles. The largest absolute Gasteiger partial charge is 0.399 e. The third-order valence-corrected chi connectivity index (χ3v) is 2.65. The fourth-order valence-electron chi connectivity index (χ4n) is 1.89. The summed E-state index contributed by atoms with van der Waals surface area (Å²) in [4.78, 5) is 0. The Bertz CT molecular complexity index is 554. The Balaban J connectivity index is 2.70. The standard InChI is InChI=1S/C13H13N3/c1-9-3-4-10(2)16(9)13-6-5-12(15)7-11(13)8-14/h3-7H,15H2,1-2H3. The molecule has 1 aromatic heterocycles. The second-order valence-electron chi connectivity index (χ2n) is 3.84. The summed E-state index contributed by atoms with van der Waals surface area (Å²) in [6.45, 7) is 4.04. The lowest BCUT2D eigenvalue weighted by atomic mass is 10.1. The van der Waals surface area contributed by atoms with E-state index in [9.17, 15) is 0 Å². The number of nitrogen functional groups attached to an aromatic ring is 1. The van der Waals surface area contributed by atoms with Crippen LogP contribution in [0.4, 0.5) is 5.69 Å². The van der Waals surface area contributed by atoms with Crippen LogP contribution in [0.25, 0.3) is 5.69 Å². The van der Waals surface area contributed by atoms with E-state index in [2.05, 4.69) is 10.6 Å². The van der Waals surface area contributed by atoms with Crippen LogP contribution in [-0.2, 0) is 0 Å². The number of hydrogen-bond donors (Lipinski definition) is 1. The van der Waals surface area contributed by atoms with Gasteiger partial charge < -0.3 is 10.3 Å². The van der Waals surface area contributed by atoms with Gasteiger partial charge in [-0.25, -0.2) is 0 Å². The number of hydrogen-bond acceptors (Lipinski definition) is 2. The first-order chi connectivity index (χ1) is 7.63. The van der Waals surface area contributed by atoms with E-state index < -0.39 is 0 Å². The van der Waals surface area contributed by atoms with E-state index in [0.717, 1.165) is 17.1 Å². The normalized spacial score (nSPS) is 10.1. The number of nitrogens with two attached hydrogens (primary N) is 1. The molecule has 3 nitrogen and oxygen atoms in total. The summed E-state index contributed by atoms with van der Waals surface area (Å²) in [5, 5.41) is 9.10. The fraction of sp³-hybridized carbons (Fsp3) is 0.154. The van der Waals surface area contributed by atoms with Crippen LogP contribution in [0.3, 0.4) is 0 Å². The van der Waals surface area contributed by atoms with E-state index in [1.165, 1.54) is 0 Å². The molecule has 2 N–H and O–H groups in total. The Morgan fingerprint density at radius 3 is 2.31 bits per heavy atom. The Morgan fingerprint density at radius 1 is 1.12 bits per heavy atom. The summed E-state index contributed by atoms with van der Waals surface area (Å²) in [7, 11) is 0. The molecule has 0 aliphatic rings. The Hall–Kier alpha value is -2.21. The third kappa shape index (κ3) is 1.55. The molecule has 3 heteroatoms. The third-order valence-electron chi connectivity index (χ3n) is 2.65. The lowest BCUT2D eigenvalue weighted by Crippen LogP contribution is -2.02. The maximum absolute atomic E-state index is 9.10. The number of nitriles is 1. The van der Waals surface area contributed by atoms with Gasteiger partial charge in [0.05, 0.1) is 11.3 Å². The molecule has 0 radical (unpaired) electrons. The van der Waals surface area contributed by atoms with Crippen LogP contribution >= 0.6 is 0 Å². The summed E-state index contributed by atoms with van der Waals surface area (Å²) in [5.74, 6) is 0. The van der Waals surface area contributed by atoms with Crippen LogP contribution in [0, 0.1) is 25.2 Å². The van der Waals surface area contributed by atoms with Crippen molar-refractivity contribution in [2.75, 3.05) is 5.73 Å². The van der Waals surface area contributed by atoms with Gasteiger partial charge in [0.15, 0.2) is 0 Å². The molecule has 0 aliphatic carbocycles. The second-order valence-corrected chi connectivity index (χ2v) is 3.84. The van der Waals surface area contributed by atoms with E-state index in [1.807, 2.05) is 38.1 Å². The molecule has 0 amide bonds. The minimum Gasteiger partial charge on any atom is -0.399 e. The van der Waals surface area contributed by atoms with Crippen LogP contribution in [0.15, 0.2) is 30.3 Å². The van der Waals surface area contributed by atoms with Crippen molar-refractivity contribution in [1.29, 1.82) is 5.26 Å². The number of nitrogens with zero attached hydrogens (tertiary/aromatic N) is 2. The van der Waals surface area contributed by atoms with Crippen molar-refractivity contribution in [2.45, 2.75) is 13.8 Å². The van der Waals surface area contributed by atoms with E-state index in [-0.39, 0.29) is 0 Å². The summed E-state index contributed by atoms with van der Waals surface area (Å²) >= 11 is 0. The monoisotopic (exact) mass is 211 g/mol. The molecule has 80 valence electrons. The maximum Gasteiger partial charge on any atom is 0.101 e. The van der Waals surface area contributed by atoms with Crippen molar-refractivity contribution >= 4 is 5.69 Å².